The summed E-state index contributed by atoms with van der Waals surface area (Å²) in [5, 5.41) is 2.96. The summed E-state index contributed by atoms with van der Waals surface area (Å²) in [4.78, 5) is 26.4. The molecule has 0 spiro atoms. The lowest BCUT2D eigenvalue weighted by Gasteiger charge is -2.30. The summed E-state index contributed by atoms with van der Waals surface area (Å²) in [5.41, 5.74) is 3.01. The van der Waals surface area contributed by atoms with Crippen molar-refractivity contribution < 1.29 is 9.59 Å². The van der Waals surface area contributed by atoms with Gasteiger partial charge in [-0.3, -0.25) is 9.59 Å². The molecule has 0 fully saturated rings. The summed E-state index contributed by atoms with van der Waals surface area (Å²) in [6.07, 6.45) is 0.292. The quantitative estimate of drug-likeness (QED) is 0.819. The summed E-state index contributed by atoms with van der Waals surface area (Å²) in [6.45, 7) is 16.4. The maximum Gasteiger partial charge on any atom is 0.223 e. The third kappa shape index (κ3) is 6.18. The third-order valence-corrected chi connectivity index (χ3v) is 4.07. The zero-order valence-corrected chi connectivity index (χ0v) is 17.1. The number of rotatable bonds is 6. The van der Waals surface area contributed by atoms with Crippen LogP contribution in [0.4, 0.5) is 5.69 Å². The van der Waals surface area contributed by atoms with Crippen LogP contribution in [0.2, 0.25) is 0 Å². The molecule has 0 heterocycles. The largest absolute Gasteiger partial charge is 0.351 e. The molecule has 25 heavy (non-hydrogen) atoms. The van der Waals surface area contributed by atoms with Crippen molar-refractivity contribution in [2.24, 2.45) is 0 Å². The van der Waals surface area contributed by atoms with E-state index in [1.807, 2.05) is 20.8 Å². The second-order valence-electron chi connectivity index (χ2n) is 8.31. The highest BCUT2D eigenvalue weighted by molar-refractivity contribution is 5.94. The van der Waals surface area contributed by atoms with Gasteiger partial charge < -0.3 is 10.2 Å². The van der Waals surface area contributed by atoms with Crippen LogP contribution in [-0.4, -0.2) is 23.9 Å². The molecule has 0 aliphatic carbocycles. The van der Waals surface area contributed by atoms with Crippen molar-refractivity contribution in [3.8, 4) is 0 Å². The number of carbonyl (C=O) groups excluding carboxylic acids is 2. The van der Waals surface area contributed by atoms with Gasteiger partial charge >= 0.3 is 0 Å². The number of amides is 2. The number of para-hydroxylation sites is 1. The van der Waals surface area contributed by atoms with Crippen molar-refractivity contribution in [1.29, 1.82) is 0 Å². The van der Waals surface area contributed by atoms with E-state index in [-0.39, 0.29) is 17.4 Å². The first-order valence-electron chi connectivity index (χ1n) is 9.16. The Bertz CT molecular complexity index is 587. The predicted molar refractivity (Wildman–Crippen MR) is 105 cm³/mol. The molecule has 0 saturated carbocycles. The predicted octanol–water partition coefficient (Wildman–Crippen LogP) is 4.59. The minimum absolute atomic E-state index is 0.0291. The molecule has 0 aliphatic heterocycles. The van der Waals surface area contributed by atoms with Crippen LogP contribution in [0.3, 0.4) is 0 Å². The molecule has 4 heteroatoms. The molecule has 0 unspecified atom stereocenters. The Morgan fingerprint density at radius 2 is 1.52 bits per heavy atom. The fraction of sp³-hybridized carbons (Fsp3) is 0.619. The van der Waals surface area contributed by atoms with Crippen molar-refractivity contribution >= 4 is 17.5 Å². The summed E-state index contributed by atoms with van der Waals surface area (Å²) in [7, 11) is 0. The van der Waals surface area contributed by atoms with Gasteiger partial charge in [-0.05, 0) is 43.7 Å². The van der Waals surface area contributed by atoms with E-state index < -0.39 is 0 Å². The zero-order valence-electron chi connectivity index (χ0n) is 17.1. The number of benzene rings is 1. The van der Waals surface area contributed by atoms with Crippen molar-refractivity contribution in [3.63, 3.8) is 0 Å². The van der Waals surface area contributed by atoms with Gasteiger partial charge in [0.1, 0.15) is 0 Å². The van der Waals surface area contributed by atoms with E-state index in [1.165, 1.54) is 0 Å². The molecule has 1 N–H and O–H groups in total. The van der Waals surface area contributed by atoms with Crippen LogP contribution in [-0.2, 0) is 9.59 Å². The van der Waals surface area contributed by atoms with Crippen LogP contribution in [0.15, 0.2) is 18.2 Å². The highest BCUT2D eigenvalue weighted by Gasteiger charge is 2.23. The van der Waals surface area contributed by atoms with Crippen LogP contribution < -0.4 is 10.2 Å². The monoisotopic (exact) mass is 346 g/mol. The second kappa shape index (κ2) is 8.50. The van der Waals surface area contributed by atoms with Gasteiger partial charge in [0.15, 0.2) is 0 Å². The van der Waals surface area contributed by atoms with Crippen LogP contribution in [0.5, 0.6) is 0 Å². The summed E-state index contributed by atoms with van der Waals surface area (Å²) in [5.74, 6) is 0.545. The third-order valence-electron chi connectivity index (χ3n) is 4.07. The van der Waals surface area contributed by atoms with Gasteiger partial charge in [-0.2, -0.15) is 0 Å². The van der Waals surface area contributed by atoms with Gasteiger partial charge in [0, 0.05) is 25.4 Å². The van der Waals surface area contributed by atoms with Gasteiger partial charge in [-0.1, -0.05) is 45.9 Å². The Hall–Kier alpha value is -1.84. The molecule has 1 rings (SSSR count). The highest BCUT2D eigenvalue weighted by Crippen LogP contribution is 2.35. The molecule has 1 aromatic rings. The molecule has 0 saturated heterocycles. The van der Waals surface area contributed by atoms with Crippen molar-refractivity contribution in [2.75, 3.05) is 11.4 Å². The van der Waals surface area contributed by atoms with Crippen molar-refractivity contribution in [1.82, 2.24) is 5.32 Å². The van der Waals surface area contributed by atoms with Crippen molar-refractivity contribution in [3.05, 3.63) is 29.3 Å². The molecule has 0 atom stereocenters. The minimum atomic E-state index is -0.267. The van der Waals surface area contributed by atoms with Gasteiger partial charge in [-0.15, -0.1) is 0 Å². The van der Waals surface area contributed by atoms with E-state index >= 15 is 0 Å². The van der Waals surface area contributed by atoms with Crippen molar-refractivity contribution in [2.45, 2.75) is 79.2 Å². The number of carbonyl (C=O) groups is 2. The smallest absolute Gasteiger partial charge is 0.223 e. The maximum atomic E-state index is 12.4. The van der Waals surface area contributed by atoms with E-state index in [1.54, 1.807) is 11.8 Å². The number of nitrogens with one attached hydrogen (secondary N) is 1. The molecular weight excluding hydrogens is 312 g/mol. The molecule has 1 aromatic carbocycles. The van der Waals surface area contributed by atoms with Crippen LogP contribution >= 0.6 is 0 Å². The first-order valence-corrected chi connectivity index (χ1v) is 9.16. The molecule has 0 aliphatic rings. The number of anilines is 1. The van der Waals surface area contributed by atoms with Gasteiger partial charge in [-0.25, -0.2) is 0 Å². The molecule has 4 nitrogen and oxygen atoms in total. The number of hydrogen-bond donors (Lipinski definition) is 1. The van der Waals surface area contributed by atoms with E-state index in [0.717, 1.165) is 16.8 Å². The second-order valence-corrected chi connectivity index (χ2v) is 8.31. The Labute approximate surface area is 153 Å². The molecule has 2 amide bonds. The maximum absolute atomic E-state index is 12.4. The Morgan fingerprint density at radius 3 is 1.88 bits per heavy atom. The molecule has 0 aromatic heterocycles. The van der Waals surface area contributed by atoms with Crippen LogP contribution in [0, 0.1) is 0 Å². The first-order chi connectivity index (χ1) is 11.4. The average molecular weight is 347 g/mol. The van der Waals surface area contributed by atoms with Crippen LogP contribution in [0.25, 0.3) is 0 Å². The van der Waals surface area contributed by atoms with Gasteiger partial charge in [0.2, 0.25) is 11.8 Å². The average Bonchev–Trinajstić information content (AvgIpc) is 2.44. The number of nitrogens with zero attached hydrogens (tertiary/aromatic N) is 1. The molecule has 0 radical (unpaired) electrons. The Kier molecular flexibility index (Phi) is 7.21. The SMILES string of the molecule is CC(=O)N(CCC(=O)NC(C)(C)C)c1c(C(C)C)cccc1C(C)C. The minimum Gasteiger partial charge on any atom is -0.351 e. The highest BCUT2D eigenvalue weighted by atomic mass is 16.2. The molecular formula is C21H34N2O2. The van der Waals surface area contributed by atoms with E-state index in [4.69, 9.17) is 0 Å². The van der Waals surface area contributed by atoms with E-state index in [2.05, 4.69) is 51.2 Å². The molecule has 140 valence electrons. The van der Waals surface area contributed by atoms with E-state index in [0.29, 0.717) is 24.8 Å². The normalized spacial score (nSPS) is 11.8. The Balaban J connectivity index is 3.18. The summed E-state index contributed by atoms with van der Waals surface area (Å²) >= 11 is 0. The van der Waals surface area contributed by atoms with E-state index in [9.17, 15) is 9.59 Å². The fourth-order valence-corrected chi connectivity index (χ4v) is 2.94. The Morgan fingerprint density at radius 1 is 1.04 bits per heavy atom. The lowest BCUT2D eigenvalue weighted by molar-refractivity contribution is -0.122. The fourth-order valence-electron chi connectivity index (χ4n) is 2.94. The summed E-state index contributed by atoms with van der Waals surface area (Å²) in [6, 6.07) is 6.22. The topological polar surface area (TPSA) is 49.4 Å². The zero-order chi connectivity index (χ0) is 19.4. The lowest BCUT2D eigenvalue weighted by Crippen LogP contribution is -2.42. The standard InChI is InChI=1S/C21H34N2O2/c1-14(2)17-10-9-11-18(15(3)4)20(17)23(16(5)24)13-12-19(25)22-21(6,7)8/h9-11,14-15H,12-13H2,1-8H3,(H,22,25). The molecule has 0 bridgehead atoms. The number of hydrogen-bond acceptors (Lipinski definition) is 2. The summed E-state index contributed by atoms with van der Waals surface area (Å²) < 4.78 is 0. The first kappa shape index (κ1) is 21.2. The van der Waals surface area contributed by atoms with Gasteiger partial charge in [0.25, 0.3) is 0 Å². The lowest BCUT2D eigenvalue weighted by atomic mass is 9.91. The van der Waals surface area contributed by atoms with Crippen LogP contribution in [0.1, 0.15) is 84.8 Å². The van der Waals surface area contributed by atoms with Gasteiger partial charge in [0.05, 0.1) is 5.69 Å².